The lowest BCUT2D eigenvalue weighted by molar-refractivity contribution is -0.137. The van der Waals surface area contributed by atoms with Crippen LogP contribution in [0.5, 0.6) is 5.75 Å². The third-order valence-corrected chi connectivity index (χ3v) is 4.32. The summed E-state index contributed by atoms with van der Waals surface area (Å²) in [6, 6.07) is 9.90. The number of rotatable bonds is 6. The van der Waals surface area contributed by atoms with Gasteiger partial charge in [-0.1, -0.05) is 18.2 Å². The monoisotopic (exact) mass is 361 g/mol. The zero-order chi connectivity index (χ0) is 17.8. The molecule has 0 amide bonds. The summed E-state index contributed by atoms with van der Waals surface area (Å²) < 4.78 is 74.9. The molecule has 0 unspecified atom stereocenters. The van der Waals surface area contributed by atoms with E-state index in [1.54, 1.807) is 6.07 Å². The molecule has 1 N–H and O–H groups in total. The van der Waals surface area contributed by atoms with Crippen molar-refractivity contribution in [2.45, 2.75) is 11.1 Å². The van der Waals surface area contributed by atoms with E-state index in [1.165, 1.54) is 31.4 Å². The number of sulfonamides is 1. The maximum Gasteiger partial charge on any atom is 0.416 e. The Morgan fingerprint density at radius 2 is 1.75 bits per heavy atom. The molecule has 0 spiro atoms. The summed E-state index contributed by atoms with van der Waals surface area (Å²) in [7, 11) is -2.67. The van der Waals surface area contributed by atoms with E-state index >= 15 is 0 Å². The van der Waals surface area contributed by atoms with Crippen LogP contribution in [0.15, 0.2) is 53.4 Å². The van der Waals surface area contributed by atoms with Gasteiger partial charge in [-0.05, 0) is 30.3 Å². The standard InChI is InChI=1S/C15H14F3NO4S/c1-22-10-23-14-9-11(15(16,17)18)7-8-13(14)19-24(20,21)12-5-3-2-4-6-12/h2-9,19H,10H2,1H3. The second kappa shape index (κ2) is 7.10. The lowest BCUT2D eigenvalue weighted by Crippen LogP contribution is -2.15. The second-order valence-electron chi connectivity index (χ2n) is 4.68. The summed E-state index contributed by atoms with van der Waals surface area (Å²) in [6.45, 7) is -0.332. The largest absolute Gasteiger partial charge is 0.465 e. The van der Waals surface area contributed by atoms with Crippen LogP contribution in [0.4, 0.5) is 18.9 Å². The van der Waals surface area contributed by atoms with Gasteiger partial charge in [0.25, 0.3) is 10.0 Å². The van der Waals surface area contributed by atoms with E-state index in [0.29, 0.717) is 6.07 Å². The lowest BCUT2D eigenvalue weighted by atomic mass is 10.2. The summed E-state index contributed by atoms with van der Waals surface area (Å²) in [5, 5.41) is 0. The Labute approximate surface area is 137 Å². The van der Waals surface area contributed by atoms with E-state index < -0.39 is 21.8 Å². The van der Waals surface area contributed by atoms with Crippen molar-refractivity contribution in [3.8, 4) is 5.75 Å². The Balaban J connectivity index is 2.38. The highest BCUT2D eigenvalue weighted by atomic mass is 32.2. The van der Waals surface area contributed by atoms with Gasteiger partial charge < -0.3 is 9.47 Å². The zero-order valence-electron chi connectivity index (χ0n) is 12.5. The predicted octanol–water partition coefficient (Wildman–Crippen LogP) is 3.49. The number of anilines is 1. The van der Waals surface area contributed by atoms with Gasteiger partial charge in [-0.15, -0.1) is 0 Å². The van der Waals surface area contributed by atoms with E-state index in [1.807, 2.05) is 0 Å². The number of hydrogen-bond acceptors (Lipinski definition) is 4. The van der Waals surface area contributed by atoms with Gasteiger partial charge in [0.05, 0.1) is 16.1 Å². The molecule has 0 aliphatic carbocycles. The molecular formula is C15H14F3NO4S. The number of hydrogen-bond donors (Lipinski definition) is 1. The molecule has 0 radical (unpaired) electrons. The molecule has 0 aromatic heterocycles. The minimum Gasteiger partial charge on any atom is -0.465 e. The second-order valence-corrected chi connectivity index (χ2v) is 6.36. The van der Waals surface area contributed by atoms with Crippen LogP contribution >= 0.6 is 0 Å². The quantitative estimate of drug-likeness (QED) is 0.800. The number of ether oxygens (including phenoxy) is 2. The van der Waals surface area contributed by atoms with Crippen molar-refractivity contribution < 1.29 is 31.1 Å². The number of halogens is 3. The topological polar surface area (TPSA) is 64.6 Å². The highest BCUT2D eigenvalue weighted by molar-refractivity contribution is 7.92. The minimum atomic E-state index is -4.58. The van der Waals surface area contributed by atoms with Gasteiger partial charge in [0, 0.05) is 7.11 Å². The molecule has 24 heavy (non-hydrogen) atoms. The van der Waals surface area contributed by atoms with Gasteiger partial charge in [0.1, 0.15) is 5.75 Å². The number of methoxy groups -OCH3 is 1. The summed E-state index contributed by atoms with van der Waals surface area (Å²) >= 11 is 0. The third-order valence-electron chi connectivity index (χ3n) is 2.94. The Morgan fingerprint density at radius 1 is 1.08 bits per heavy atom. The summed E-state index contributed by atoms with van der Waals surface area (Å²) in [5.41, 5.74) is -1.08. The molecule has 0 saturated heterocycles. The van der Waals surface area contributed by atoms with Gasteiger partial charge in [0.15, 0.2) is 6.79 Å². The van der Waals surface area contributed by atoms with Crippen molar-refractivity contribution in [3.63, 3.8) is 0 Å². The lowest BCUT2D eigenvalue weighted by Gasteiger charge is -2.15. The van der Waals surface area contributed by atoms with Gasteiger partial charge in [-0.3, -0.25) is 4.72 Å². The Morgan fingerprint density at radius 3 is 2.33 bits per heavy atom. The molecule has 0 aliphatic heterocycles. The Hall–Kier alpha value is -2.26. The normalized spacial score (nSPS) is 12.0. The predicted molar refractivity (Wildman–Crippen MR) is 81.2 cm³/mol. The molecule has 0 saturated carbocycles. The molecule has 0 fully saturated rings. The molecule has 0 aliphatic rings. The van der Waals surface area contributed by atoms with Crippen LogP contribution in [0.2, 0.25) is 0 Å². The fourth-order valence-corrected chi connectivity index (χ4v) is 2.92. The summed E-state index contributed by atoms with van der Waals surface area (Å²) in [5.74, 6) is -0.286. The average molecular weight is 361 g/mol. The Kier molecular flexibility index (Phi) is 5.35. The van der Waals surface area contributed by atoms with Crippen molar-refractivity contribution in [2.24, 2.45) is 0 Å². The fraction of sp³-hybridized carbons (Fsp3) is 0.200. The first-order valence-corrected chi connectivity index (χ1v) is 8.13. The number of benzene rings is 2. The van der Waals surface area contributed by atoms with Crippen molar-refractivity contribution in [1.29, 1.82) is 0 Å². The molecule has 130 valence electrons. The van der Waals surface area contributed by atoms with Crippen molar-refractivity contribution in [3.05, 3.63) is 54.1 Å². The highest BCUT2D eigenvalue weighted by Gasteiger charge is 2.31. The van der Waals surface area contributed by atoms with Gasteiger partial charge in [-0.2, -0.15) is 13.2 Å². The van der Waals surface area contributed by atoms with Crippen molar-refractivity contribution in [2.75, 3.05) is 18.6 Å². The molecule has 2 aromatic rings. The molecule has 9 heteroatoms. The molecule has 0 bridgehead atoms. The van der Waals surface area contributed by atoms with Crippen LogP contribution in [0.25, 0.3) is 0 Å². The molecule has 5 nitrogen and oxygen atoms in total. The van der Waals surface area contributed by atoms with Gasteiger partial charge in [0.2, 0.25) is 0 Å². The van der Waals surface area contributed by atoms with Crippen LogP contribution < -0.4 is 9.46 Å². The van der Waals surface area contributed by atoms with Crippen molar-refractivity contribution >= 4 is 15.7 Å². The van der Waals surface area contributed by atoms with E-state index in [4.69, 9.17) is 4.74 Å². The Bertz CT molecular complexity index is 792. The van der Waals surface area contributed by atoms with Gasteiger partial charge in [-0.25, -0.2) is 8.42 Å². The average Bonchev–Trinajstić information content (AvgIpc) is 2.53. The maximum absolute atomic E-state index is 12.8. The van der Waals surface area contributed by atoms with E-state index in [9.17, 15) is 21.6 Å². The van der Waals surface area contributed by atoms with E-state index in [2.05, 4.69) is 9.46 Å². The number of alkyl halides is 3. The van der Waals surface area contributed by atoms with Crippen LogP contribution in [-0.2, 0) is 20.9 Å². The van der Waals surface area contributed by atoms with Crippen LogP contribution in [0, 0.1) is 0 Å². The molecule has 0 heterocycles. The number of nitrogens with one attached hydrogen (secondary N) is 1. The third kappa shape index (κ3) is 4.39. The van der Waals surface area contributed by atoms with Crippen molar-refractivity contribution in [1.82, 2.24) is 0 Å². The van der Waals surface area contributed by atoms with E-state index in [0.717, 1.165) is 12.1 Å². The summed E-state index contributed by atoms with van der Waals surface area (Å²) in [4.78, 5) is -0.0254. The maximum atomic E-state index is 12.8. The van der Waals surface area contributed by atoms with Gasteiger partial charge >= 0.3 is 6.18 Å². The first kappa shape index (κ1) is 18.1. The van der Waals surface area contributed by atoms with Crippen LogP contribution in [0.1, 0.15) is 5.56 Å². The molecule has 0 atom stereocenters. The molecular weight excluding hydrogens is 347 g/mol. The molecule has 2 aromatic carbocycles. The highest BCUT2D eigenvalue weighted by Crippen LogP contribution is 2.36. The first-order chi connectivity index (χ1) is 11.2. The van der Waals surface area contributed by atoms with E-state index in [-0.39, 0.29) is 23.1 Å². The zero-order valence-corrected chi connectivity index (χ0v) is 13.3. The first-order valence-electron chi connectivity index (χ1n) is 6.65. The summed E-state index contributed by atoms with van der Waals surface area (Å²) in [6.07, 6.45) is -4.58. The van der Waals surface area contributed by atoms with Crippen LogP contribution in [-0.4, -0.2) is 22.3 Å². The van der Waals surface area contributed by atoms with Crippen LogP contribution in [0.3, 0.4) is 0 Å². The smallest absolute Gasteiger partial charge is 0.416 e. The molecule has 2 rings (SSSR count). The SMILES string of the molecule is COCOc1cc(C(F)(F)F)ccc1NS(=O)(=O)c1ccccc1. The fourth-order valence-electron chi connectivity index (χ4n) is 1.83. The minimum absolute atomic E-state index is 0.0254.